The van der Waals surface area contributed by atoms with E-state index in [9.17, 15) is 0 Å². The highest BCUT2D eigenvalue weighted by Gasteiger charge is 2.08. The summed E-state index contributed by atoms with van der Waals surface area (Å²) in [6.07, 6.45) is 1.57. The summed E-state index contributed by atoms with van der Waals surface area (Å²) >= 11 is 0. The third-order valence-corrected chi connectivity index (χ3v) is 2.78. The van der Waals surface area contributed by atoms with Crippen LogP contribution in [-0.4, -0.2) is 14.8 Å². The van der Waals surface area contributed by atoms with Gasteiger partial charge in [0.1, 0.15) is 18.7 Å². The van der Waals surface area contributed by atoms with E-state index in [4.69, 9.17) is 10.5 Å². The van der Waals surface area contributed by atoms with Crippen LogP contribution in [0.1, 0.15) is 25.2 Å². The van der Waals surface area contributed by atoms with Crippen molar-refractivity contribution in [3.8, 4) is 5.75 Å². The topological polar surface area (TPSA) is 66.0 Å². The van der Waals surface area contributed by atoms with Crippen molar-refractivity contribution in [2.75, 3.05) is 0 Å². The van der Waals surface area contributed by atoms with Gasteiger partial charge < -0.3 is 10.5 Å². The lowest BCUT2D eigenvalue weighted by atomic mass is 10.2. The smallest absolute Gasteiger partial charge is 0.164 e. The molecule has 0 aliphatic rings. The molecule has 5 heteroatoms. The monoisotopic (exact) mass is 260 g/mol. The average Bonchev–Trinajstić information content (AvgIpc) is 2.83. The van der Waals surface area contributed by atoms with Crippen LogP contribution in [0.25, 0.3) is 0 Å². The minimum absolute atomic E-state index is 0.406. The lowest BCUT2D eigenvalue weighted by molar-refractivity contribution is 0.280. The molecule has 0 aliphatic heterocycles. The first-order chi connectivity index (χ1) is 9.20. The Labute approximate surface area is 113 Å². The Kier molecular flexibility index (Phi) is 4.52. The fourth-order valence-electron chi connectivity index (χ4n) is 1.85. The Morgan fingerprint density at radius 2 is 2.11 bits per heavy atom. The number of benzene rings is 1. The highest BCUT2D eigenvalue weighted by Crippen LogP contribution is 2.18. The van der Waals surface area contributed by atoms with E-state index in [0.29, 0.717) is 19.1 Å². The molecule has 1 heterocycles. The van der Waals surface area contributed by atoms with Gasteiger partial charge in [-0.1, -0.05) is 32.0 Å². The maximum Gasteiger partial charge on any atom is 0.164 e. The van der Waals surface area contributed by atoms with E-state index in [1.165, 1.54) is 0 Å². The van der Waals surface area contributed by atoms with Crippen LogP contribution in [-0.2, 0) is 19.7 Å². The van der Waals surface area contributed by atoms with Crippen molar-refractivity contribution in [3.63, 3.8) is 0 Å². The first-order valence-electron chi connectivity index (χ1n) is 6.48. The van der Waals surface area contributed by atoms with Crippen molar-refractivity contribution in [1.82, 2.24) is 14.8 Å². The third-order valence-electron chi connectivity index (χ3n) is 2.78. The molecule has 102 valence electrons. The van der Waals surface area contributed by atoms with Crippen molar-refractivity contribution in [3.05, 3.63) is 42.0 Å². The molecule has 5 nitrogen and oxygen atoms in total. The van der Waals surface area contributed by atoms with E-state index in [2.05, 4.69) is 23.9 Å². The zero-order valence-electron chi connectivity index (χ0n) is 11.4. The number of para-hydroxylation sites is 1. The molecule has 0 bridgehead atoms. The summed E-state index contributed by atoms with van der Waals surface area (Å²) in [5, 5.41) is 4.21. The fourth-order valence-corrected chi connectivity index (χ4v) is 1.85. The molecule has 0 aliphatic carbocycles. The van der Waals surface area contributed by atoms with Crippen molar-refractivity contribution in [2.24, 2.45) is 11.7 Å². The van der Waals surface area contributed by atoms with Crippen LogP contribution in [0, 0.1) is 5.92 Å². The predicted octanol–water partition coefficient (Wildman–Crippen LogP) is 1.97. The molecular formula is C14H20N4O. The van der Waals surface area contributed by atoms with E-state index in [-0.39, 0.29) is 0 Å². The minimum Gasteiger partial charge on any atom is -0.485 e. The van der Waals surface area contributed by atoms with Gasteiger partial charge in [-0.05, 0) is 12.0 Å². The van der Waals surface area contributed by atoms with Gasteiger partial charge in [0.2, 0.25) is 0 Å². The summed E-state index contributed by atoms with van der Waals surface area (Å²) in [7, 11) is 0. The molecule has 0 radical (unpaired) electrons. The summed E-state index contributed by atoms with van der Waals surface area (Å²) in [5.41, 5.74) is 6.68. The van der Waals surface area contributed by atoms with Crippen molar-refractivity contribution >= 4 is 0 Å². The SMILES string of the molecule is CC(C)Cn1ncnc1COc1ccccc1CN. The van der Waals surface area contributed by atoms with Gasteiger partial charge >= 0.3 is 0 Å². The fraction of sp³-hybridized carbons (Fsp3) is 0.429. The van der Waals surface area contributed by atoms with E-state index in [1.807, 2.05) is 28.9 Å². The number of nitrogens with zero attached hydrogens (tertiary/aromatic N) is 3. The van der Waals surface area contributed by atoms with Crippen LogP contribution < -0.4 is 10.5 Å². The summed E-state index contributed by atoms with van der Waals surface area (Å²) in [4.78, 5) is 4.24. The molecule has 0 unspecified atom stereocenters. The zero-order valence-corrected chi connectivity index (χ0v) is 11.4. The second kappa shape index (κ2) is 6.33. The quantitative estimate of drug-likeness (QED) is 0.862. The number of hydrogen-bond donors (Lipinski definition) is 1. The Balaban J connectivity index is 2.04. The second-order valence-corrected chi connectivity index (χ2v) is 4.85. The summed E-state index contributed by atoms with van der Waals surface area (Å²) in [5.74, 6) is 2.17. The Morgan fingerprint density at radius 1 is 1.32 bits per heavy atom. The highest BCUT2D eigenvalue weighted by atomic mass is 16.5. The summed E-state index contributed by atoms with van der Waals surface area (Å²) in [6, 6.07) is 7.78. The average molecular weight is 260 g/mol. The van der Waals surface area contributed by atoms with Gasteiger partial charge in [-0.15, -0.1) is 0 Å². The first kappa shape index (κ1) is 13.5. The van der Waals surface area contributed by atoms with Gasteiger partial charge in [0.15, 0.2) is 5.82 Å². The van der Waals surface area contributed by atoms with Crippen molar-refractivity contribution in [2.45, 2.75) is 33.5 Å². The Hall–Kier alpha value is -1.88. The van der Waals surface area contributed by atoms with Gasteiger partial charge in [0.05, 0.1) is 0 Å². The molecule has 0 atom stereocenters. The first-order valence-corrected chi connectivity index (χ1v) is 6.48. The van der Waals surface area contributed by atoms with Gasteiger partial charge in [-0.3, -0.25) is 0 Å². The van der Waals surface area contributed by atoms with Crippen LogP contribution >= 0.6 is 0 Å². The molecule has 0 fully saturated rings. The highest BCUT2D eigenvalue weighted by molar-refractivity contribution is 5.32. The molecule has 2 N–H and O–H groups in total. The van der Waals surface area contributed by atoms with Crippen molar-refractivity contribution < 1.29 is 4.74 Å². The number of rotatable bonds is 6. The minimum atomic E-state index is 0.406. The number of ether oxygens (including phenoxy) is 1. The molecule has 1 aromatic carbocycles. The van der Waals surface area contributed by atoms with Crippen LogP contribution in [0.5, 0.6) is 5.75 Å². The largest absolute Gasteiger partial charge is 0.485 e. The van der Waals surface area contributed by atoms with E-state index in [1.54, 1.807) is 6.33 Å². The zero-order chi connectivity index (χ0) is 13.7. The number of hydrogen-bond acceptors (Lipinski definition) is 4. The molecule has 19 heavy (non-hydrogen) atoms. The lowest BCUT2D eigenvalue weighted by Gasteiger charge is -2.11. The Morgan fingerprint density at radius 3 is 2.84 bits per heavy atom. The van der Waals surface area contributed by atoms with Gasteiger partial charge in [0.25, 0.3) is 0 Å². The van der Waals surface area contributed by atoms with Crippen molar-refractivity contribution in [1.29, 1.82) is 0 Å². The molecule has 0 amide bonds. The van der Waals surface area contributed by atoms with E-state index in [0.717, 1.165) is 23.7 Å². The number of nitrogens with two attached hydrogens (primary N) is 1. The van der Waals surface area contributed by atoms with E-state index >= 15 is 0 Å². The molecule has 2 rings (SSSR count). The normalized spacial score (nSPS) is 10.9. The molecule has 1 aromatic heterocycles. The van der Waals surface area contributed by atoms with Gasteiger partial charge in [-0.25, -0.2) is 9.67 Å². The molecule has 0 saturated carbocycles. The standard InChI is InChI=1S/C14H20N4O/c1-11(2)8-18-14(16-10-17-18)9-19-13-6-4-3-5-12(13)7-15/h3-6,10-11H,7-9,15H2,1-2H3. The molecule has 0 saturated heterocycles. The number of aromatic nitrogens is 3. The van der Waals surface area contributed by atoms with Crippen LogP contribution in [0.2, 0.25) is 0 Å². The predicted molar refractivity (Wildman–Crippen MR) is 73.5 cm³/mol. The third kappa shape index (κ3) is 3.54. The summed E-state index contributed by atoms with van der Waals surface area (Å²) < 4.78 is 7.68. The van der Waals surface area contributed by atoms with Crippen LogP contribution in [0.4, 0.5) is 0 Å². The Bertz CT molecular complexity index is 522. The summed E-state index contributed by atoms with van der Waals surface area (Å²) in [6.45, 7) is 6.02. The molecular weight excluding hydrogens is 240 g/mol. The maximum absolute atomic E-state index is 5.79. The van der Waals surface area contributed by atoms with Gasteiger partial charge in [0, 0.05) is 18.7 Å². The maximum atomic E-state index is 5.79. The lowest BCUT2D eigenvalue weighted by Crippen LogP contribution is -2.13. The molecule has 0 spiro atoms. The van der Waals surface area contributed by atoms with E-state index < -0.39 is 0 Å². The molecule has 2 aromatic rings. The van der Waals surface area contributed by atoms with Gasteiger partial charge in [-0.2, -0.15) is 5.10 Å². The van der Waals surface area contributed by atoms with Crippen LogP contribution in [0.3, 0.4) is 0 Å². The second-order valence-electron chi connectivity index (χ2n) is 4.85. The van der Waals surface area contributed by atoms with Crippen LogP contribution in [0.15, 0.2) is 30.6 Å².